The van der Waals surface area contributed by atoms with E-state index in [4.69, 9.17) is 15.6 Å². The van der Waals surface area contributed by atoms with Gasteiger partial charge >= 0.3 is 0 Å². The van der Waals surface area contributed by atoms with Gasteiger partial charge in [-0.05, 0) is 55.2 Å². The third-order valence-corrected chi connectivity index (χ3v) is 6.03. The Hall–Kier alpha value is -4.71. The van der Waals surface area contributed by atoms with Crippen LogP contribution in [0.2, 0.25) is 0 Å². The number of aromatic nitrogens is 4. The second-order valence-corrected chi connectivity index (χ2v) is 8.73. The van der Waals surface area contributed by atoms with Crippen molar-refractivity contribution in [2.45, 2.75) is 19.4 Å². The molecule has 2 N–H and O–H groups in total. The number of nitrogens with two attached hydrogens (primary N) is 1. The van der Waals surface area contributed by atoms with Crippen molar-refractivity contribution >= 4 is 22.8 Å². The molecule has 2 aromatic heterocycles. The lowest BCUT2D eigenvalue weighted by molar-refractivity contribution is -0.125. The van der Waals surface area contributed by atoms with Crippen LogP contribution in [0, 0.1) is 17.2 Å². The van der Waals surface area contributed by atoms with Crippen LogP contribution in [0.15, 0.2) is 72.6 Å². The van der Waals surface area contributed by atoms with Gasteiger partial charge in [0.2, 0.25) is 0 Å². The van der Waals surface area contributed by atoms with E-state index < -0.39 is 0 Å². The van der Waals surface area contributed by atoms with Crippen LogP contribution in [-0.2, 0) is 11.3 Å². The lowest BCUT2D eigenvalue weighted by Crippen LogP contribution is -2.31. The first-order chi connectivity index (χ1) is 17.5. The van der Waals surface area contributed by atoms with Crippen molar-refractivity contribution in [1.82, 2.24) is 24.6 Å². The first-order valence-electron chi connectivity index (χ1n) is 11.7. The van der Waals surface area contributed by atoms with Gasteiger partial charge in [0.1, 0.15) is 41.0 Å². The first kappa shape index (κ1) is 23.1. The minimum Gasteiger partial charge on any atom is -0.457 e. The van der Waals surface area contributed by atoms with E-state index in [0.29, 0.717) is 47.3 Å². The predicted octanol–water partition coefficient (Wildman–Crippen LogP) is 4.19. The molecule has 180 valence electrons. The average Bonchev–Trinajstić information content (AvgIpc) is 3.65. The maximum absolute atomic E-state index is 12.7. The first-order valence-corrected chi connectivity index (χ1v) is 11.7. The second kappa shape index (κ2) is 9.88. The van der Waals surface area contributed by atoms with Crippen LogP contribution in [0.3, 0.4) is 0 Å². The summed E-state index contributed by atoms with van der Waals surface area (Å²) in [4.78, 5) is 22.8. The SMILES string of the molecule is CN(CCn1nc(-c2ccc(Oc3ccccc3)cc2)c2c(N)ncnc21)C(=O)/C(C#N)=C/C1CC1. The van der Waals surface area contributed by atoms with Gasteiger partial charge in [0.05, 0.1) is 11.9 Å². The normalized spacial score (nSPS) is 13.4. The van der Waals surface area contributed by atoms with Crippen LogP contribution >= 0.6 is 0 Å². The number of ether oxygens (including phenoxy) is 1. The summed E-state index contributed by atoms with van der Waals surface area (Å²) in [5, 5.41) is 14.8. The van der Waals surface area contributed by atoms with Crippen molar-refractivity contribution in [1.29, 1.82) is 5.26 Å². The van der Waals surface area contributed by atoms with E-state index in [-0.39, 0.29) is 11.5 Å². The van der Waals surface area contributed by atoms with E-state index in [2.05, 4.69) is 9.97 Å². The maximum Gasteiger partial charge on any atom is 0.263 e. The number of likely N-dealkylation sites (N-methyl/N-ethyl adjacent to an activating group) is 1. The van der Waals surface area contributed by atoms with Gasteiger partial charge < -0.3 is 15.4 Å². The number of anilines is 1. The molecule has 0 unspecified atom stereocenters. The Labute approximate surface area is 208 Å². The molecule has 36 heavy (non-hydrogen) atoms. The fourth-order valence-electron chi connectivity index (χ4n) is 3.90. The van der Waals surface area contributed by atoms with E-state index in [1.165, 1.54) is 11.2 Å². The Morgan fingerprint density at radius 1 is 1.17 bits per heavy atom. The van der Waals surface area contributed by atoms with Gasteiger partial charge in [0.15, 0.2) is 5.65 Å². The number of hydrogen-bond donors (Lipinski definition) is 1. The number of carbonyl (C=O) groups excluding carboxylic acids is 1. The minimum atomic E-state index is -0.288. The largest absolute Gasteiger partial charge is 0.457 e. The number of rotatable bonds is 8. The van der Waals surface area contributed by atoms with Gasteiger partial charge in [-0.3, -0.25) is 4.79 Å². The molecule has 2 heterocycles. The smallest absolute Gasteiger partial charge is 0.263 e. The molecule has 1 aliphatic carbocycles. The molecule has 1 fully saturated rings. The van der Waals surface area contributed by atoms with E-state index in [1.54, 1.807) is 17.8 Å². The number of hydrogen-bond acceptors (Lipinski definition) is 7. The molecular formula is C27H25N7O2. The van der Waals surface area contributed by atoms with Crippen LogP contribution in [0.25, 0.3) is 22.3 Å². The van der Waals surface area contributed by atoms with Gasteiger partial charge in [-0.1, -0.05) is 24.3 Å². The fraction of sp³-hybridized carbons (Fsp3) is 0.222. The summed E-state index contributed by atoms with van der Waals surface area (Å²) >= 11 is 0. The number of benzene rings is 2. The summed E-state index contributed by atoms with van der Waals surface area (Å²) in [6.07, 6.45) is 5.24. The van der Waals surface area contributed by atoms with Crippen molar-refractivity contribution < 1.29 is 9.53 Å². The molecule has 4 aromatic rings. The summed E-state index contributed by atoms with van der Waals surface area (Å²) in [5.41, 5.74) is 8.47. The Balaban J connectivity index is 1.37. The zero-order valence-corrected chi connectivity index (χ0v) is 19.8. The second-order valence-electron chi connectivity index (χ2n) is 8.73. The van der Waals surface area contributed by atoms with Crippen LogP contribution in [-0.4, -0.2) is 44.1 Å². The number of amides is 1. The lowest BCUT2D eigenvalue weighted by atomic mass is 10.1. The van der Waals surface area contributed by atoms with Crippen molar-refractivity contribution in [2.75, 3.05) is 19.3 Å². The van der Waals surface area contributed by atoms with Crippen molar-refractivity contribution in [3.8, 4) is 28.8 Å². The molecule has 0 aliphatic heterocycles. The van der Waals surface area contributed by atoms with Gasteiger partial charge in [-0.25, -0.2) is 14.6 Å². The molecule has 1 saturated carbocycles. The molecule has 1 aliphatic rings. The van der Waals surface area contributed by atoms with Gasteiger partial charge in [0, 0.05) is 19.2 Å². The minimum absolute atomic E-state index is 0.190. The van der Waals surface area contributed by atoms with Crippen molar-refractivity contribution in [3.63, 3.8) is 0 Å². The molecule has 5 rings (SSSR count). The highest BCUT2D eigenvalue weighted by molar-refractivity contribution is 5.98. The number of nitrogens with zero attached hydrogens (tertiary/aromatic N) is 6. The predicted molar refractivity (Wildman–Crippen MR) is 136 cm³/mol. The number of fused-ring (bicyclic) bond motifs is 1. The molecule has 0 spiro atoms. The standard InChI is InChI=1S/C27H25N7O2/c1-33(27(35)20(16-28)15-18-7-8-18)13-14-34-26-23(25(29)30-17-31-26)24(32-34)19-9-11-22(12-10-19)36-21-5-3-2-4-6-21/h2-6,9-12,15,17-18H,7-8,13-14H2,1H3,(H2,29,30,31)/b20-15+. The van der Waals surface area contributed by atoms with Gasteiger partial charge in [-0.2, -0.15) is 10.4 Å². The number of carbonyl (C=O) groups is 1. The van der Waals surface area contributed by atoms with Crippen LogP contribution in [0.1, 0.15) is 12.8 Å². The molecule has 2 aromatic carbocycles. The quantitative estimate of drug-likeness (QED) is 0.297. The Morgan fingerprint density at radius 3 is 2.58 bits per heavy atom. The van der Waals surface area contributed by atoms with Crippen molar-refractivity contribution in [3.05, 3.63) is 72.6 Å². The third-order valence-electron chi connectivity index (χ3n) is 6.03. The fourth-order valence-corrected chi connectivity index (χ4v) is 3.90. The monoisotopic (exact) mass is 479 g/mol. The molecule has 0 radical (unpaired) electrons. The van der Waals surface area contributed by atoms with Crippen molar-refractivity contribution in [2.24, 2.45) is 5.92 Å². The average molecular weight is 480 g/mol. The molecule has 0 atom stereocenters. The summed E-state index contributed by atoms with van der Waals surface area (Å²) in [6.45, 7) is 0.735. The lowest BCUT2D eigenvalue weighted by Gasteiger charge is -2.16. The highest BCUT2D eigenvalue weighted by atomic mass is 16.5. The number of nitrogen functional groups attached to an aromatic ring is 1. The zero-order valence-electron chi connectivity index (χ0n) is 19.8. The summed E-state index contributed by atoms with van der Waals surface area (Å²) in [6, 6.07) is 19.2. The van der Waals surface area contributed by atoms with Crippen LogP contribution < -0.4 is 10.5 Å². The Kier molecular flexibility index (Phi) is 6.33. The highest BCUT2D eigenvalue weighted by Gasteiger charge is 2.24. The summed E-state index contributed by atoms with van der Waals surface area (Å²) in [7, 11) is 1.68. The molecular weight excluding hydrogens is 454 g/mol. The molecule has 0 saturated heterocycles. The van der Waals surface area contributed by atoms with Crippen LogP contribution in [0.4, 0.5) is 5.82 Å². The zero-order chi connectivity index (χ0) is 25.1. The number of allylic oxidation sites excluding steroid dienone is 1. The third kappa shape index (κ3) is 4.88. The van der Waals surface area contributed by atoms with Gasteiger partial charge in [0.25, 0.3) is 5.91 Å². The van der Waals surface area contributed by atoms with E-state index in [9.17, 15) is 10.1 Å². The van der Waals surface area contributed by atoms with Crippen LogP contribution in [0.5, 0.6) is 11.5 Å². The summed E-state index contributed by atoms with van der Waals surface area (Å²) in [5.74, 6) is 1.84. The Morgan fingerprint density at radius 2 is 1.89 bits per heavy atom. The highest BCUT2D eigenvalue weighted by Crippen LogP contribution is 2.33. The van der Waals surface area contributed by atoms with E-state index in [1.807, 2.05) is 60.7 Å². The summed E-state index contributed by atoms with van der Waals surface area (Å²) < 4.78 is 7.61. The number of nitriles is 1. The maximum atomic E-state index is 12.7. The van der Waals surface area contributed by atoms with Gasteiger partial charge in [-0.15, -0.1) is 0 Å². The van der Waals surface area contributed by atoms with E-state index in [0.717, 1.165) is 24.2 Å². The topological polar surface area (TPSA) is 123 Å². The Bertz CT molecular complexity index is 1470. The molecule has 1 amide bonds. The molecule has 9 nitrogen and oxygen atoms in total. The number of para-hydroxylation sites is 1. The molecule has 0 bridgehead atoms. The van der Waals surface area contributed by atoms with E-state index >= 15 is 0 Å². The molecule has 9 heteroatoms.